The summed E-state index contributed by atoms with van der Waals surface area (Å²) in [6.07, 6.45) is -5.85. The Morgan fingerprint density at radius 2 is 1.80 bits per heavy atom. The Hall–Kier alpha value is -3.91. The molecule has 9 nitrogen and oxygen atoms in total. The zero-order valence-corrected chi connectivity index (χ0v) is 23.1. The van der Waals surface area contributed by atoms with E-state index < -0.39 is 65.2 Å². The first kappa shape index (κ1) is 30.1. The van der Waals surface area contributed by atoms with Crippen LogP contribution in [0.5, 0.6) is 0 Å². The number of para-hydroxylation sites is 1. The Kier molecular flexibility index (Phi) is 7.24. The number of carbonyl (C=O) groups excluding carboxylic acids is 4. The fourth-order valence-electron chi connectivity index (χ4n) is 6.13. The Morgan fingerprint density at radius 3 is 2.37 bits per heavy atom. The lowest BCUT2D eigenvalue weighted by Crippen LogP contribution is -2.61. The van der Waals surface area contributed by atoms with Crippen molar-refractivity contribution in [3.8, 4) is 6.07 Å². The molecule has 1 aromatic rings. The second-order valence-electron chi connectivity index (χ2n) is 12.5. The summed E-state index contributed by atoms with van der Waals surface area (Å²) >= 11 is 0. The van der Waals surface area contributed by atoms with Crippen molar-refractivity contribution in [1.82, 2.24) is 15.5 Å². The Balaban J connectivity index is 1.59. The van der Waals surface area contributed by atoms with Gasteiger partial charge in [-0.05, 0) is 28.7 Å². The average molecular weight is 578 g/mol. The van der Waals surface area contributed by atoms with Gasteiger partial charge in [-0.25, -0.2) is 9.18 Å². The van der Waals surface area contributed by atoms with E-state index in [4.69, 9.17) is 0 Å². The lowest BCUT2D eigenvalue weighted by atomic mass is 9.85. The van der Waals surface area contributed by atoms with E-state index in [9.17, 15) is 37.6 Å². The third-order valence-corrected chi connectivity index (χ3v) is 8.48. The van der Waals surface area contributed by atoms with Gasteiger partial charge >= 0.3 is 12.1 Å². The standard InChI is InChI=1S/C28H31F4N5O4/c1-25(2,3)21(36-24(41)28(30,31)32)23(40)37-12-16-19(26(16,4)5)20(37)22(39)34-14(11-33)10-27(29)15-8-6-7-9-17(15)35-18(27)13-38/h6-9,14,16,19-21,35H,10,12H2,1-5H3,(H,34,39)(H,36,41)/t14?,16-,19-,20-,21?,27?/m0/s1. The van der Waals surface area contributed by atoms with E-state index in [2.05, 4.69) is 10.6 Å². The molecule has 3 amide bonds. The number of nitriles is 1. The number of rotatable bonds is 6. The van der Waals surface area contributed by atoms with Gasteiger partial charge in [0.25, 0.3) is 0 Å². The molecule has 1 saturated heterocycles. The Bertz CT molecular complexity index is 1370. The van der Waals surface area contributed by atoms with Gasteiger partial charge < -0.3 is 20.9 Å². The molecular weight excluding hydrogens is 546 g/mol. The van der Waals surface area contributed by atoms with Crippen LogP contribution >= 0.6 is 0 Å². The summed E-state index contributed by atoms with van der Waals surface area (Å²) in [6, 6.07) is 3.81. The molecule has 6 atom stereocenters. The van der Waals surface area contributed by atoms with E-state index in [1.54, 1.807) is 23.5 Å². The van der Waals surface area contributed by atoms with Crippen LogP contribution in [0.4, 0.5) is 23.2 Å². The molecule has 2 fully saturated rings. The third kappa shape index (κ3) is 5.17. The number of hydrogen-bond donors (Lipinski definition) is 3. The van der Waals surface area contributed by atoms with Crippen molar-refractivity contribution in [3.05, 3.63) is 35.5 Å². The number of nitrogens with one attached hydrogen (secondary N) is 3. The van der Waals surface area contributed by atoms with E-state index in [-0.39, 0.29) is 29.4 Å². The summed E-state index contributed by atoms with van der Waals surface area (Å²) in [5, 5.41) is 16.7. The molecule has 2 aliphatic heterocycles. The number of carbonyl (C=O) groups is 3. The molecule has 41 heavy (non-hydrogen) atoms. The van der Waals surface area contributed by atoms with Gasteiger partial charge in [0, 0.05) is 24.2 Å². The van der Waals surface area contributed by atoms with Crippen LogP contribution in [0.25, 0.3) is 0 Å². The summed E-state index contributed by atoms with van der Waals surface area (Å²) in [5.74, 6) is -2.92. The van der Waals surface area contributed by atoms with Crippen molar-refractivity contribution in [2.24, 2.45) is 22.7 Å². The predicted molar refractivity (Wildman–Crippen MR) is 138 cm³/mol. The largest absolute Gasteiger partial charge is 0.471 e. The molecule has 2 heterocycles. The third-order valence-electron chi connectivity index (χ3n) is 8.48. The normalized spacial score (nSPS) is 27.4. The molecule has 3 N–H and O–H groups in total. The number of alkyl halides is 4. The Labute approximate surface area is 234 Å². The van der Waals surface area contributed by atoms with E-state index in [1.165, 1.54) is 32.8 Å². The van der Waals surface area contributed by atoms with Gasteiger partial charge in [0.1, 0.15) is 29.8 Å². The topological polar surface area (TPSA) is 131 Å². The number of allylic oxidation sites excluding steroid dienone is 1. The van der Waals surface area contributed by atoms with Crippen LogP contribution in [0.3, 0.4) is 0 Å². The predicted octanol–water partition coefficient (Wildman–Crippen LogP) is 2.97. The number of anilines is 1. The molecule has 1 saturated carbocycles. The van der Waals surface area contributed by atoms with Gasteiger partial charge in [-0.15, -0.1) is 0 Å². The van der Waals surface area contributed by atoms with E-state index >= 15 is 4.39 Å². The molecule has 0 spiro atoms. The first-order valence-corrected chi connectivity index (χ1v) is 13.1. The van der Waals surface area contributed by atoms with Gasteiger partial charge in [-0.2, -0.15) is 18.4 Å². The van der Waals surface area contributed by atoms with Crippen LogP contribution in [0.15, 0.2) is 30.0 Å². The Morgan fingerprint density at radius 1 is 1.17 bits per heavy atom. The molecule has 0 aromatic heterocycles. The summed E-state index contributed by atoms with van der Waals surface area (Å²) in [6.45, 7) is 8.29. The van der Waals surface area contributed by atoms with E-state index in [1.807, 2.05) is 19.9 Å². The fourth-order valence-corrected chi connectivity index (χ4v) is 6.13. The van der Waals surface area contributed by atoms with Crippen molar-refractivity contribution in [1.29, 1.82) is 5.26 Å². The number of benzene rings is 1. The maximum atomic E-state index is 16.2. The second kappa shape index (κ2) is 9.87. The quantitative estimate of drug-likeness (QED) is 0.352. The van der Waals surface area contributed by atoms with Crippen molar-refractivity contribution in [2.45, 2.75) is 71.0 Å². The molecule has 1 aliphatic carbocycles. The lowest BCUT2D eigenvalue weighted by Gasteiger charge is -2.38. The smallest absolute Gasteiger partial charge is 0.347 e. The molecule has 0 bridgehead atoms. The van der Waals surface area contributed by atoms with E-state index in [0.29, 0.717) is 5.69 Å². The van der Waals surface area contributed by atoms with Crippen LogP contribution < -0.4 is 16.0 Å². The second-order valence-corrected chi connectivity index (χ2v) is 12.5. The minimum atomic E-state index is -5.22. The lowest BCUT2D eigenvalue weighted by molar-refractivity contribution is -0.176. The maximum absolute atomic E-state index is 16.2. The number of likely N-dealkylation sites (tertiary alicyclic amines) is 1. The van der Waals surface area contributed by atoms with Crippen LogP contribution in [0.1, 0.15) is 46.6 Å². The molecule has 3 aliphatic rings. The number of nitrogens with zero attached hydrogens (tertiary/aromatic N) is 2. The number of halogens is 4. The van der Waals surface area contributed by atoms with Crippen molar-refractivity contribution < 1.29 is 36.7 Å². The molecule has 220 valence electrons. The van der Waals surface area contributed by atoms with Crippen LogP contribution in [0.2, 0.25) is 0 Å². The highest BCUT2D eigenvalue weighted by atomic mass is 19.4. The number of amides is 3. The minimum absolute atomic E-state index is 0.0582. The number of hydrogen-bond acceptors (Lipinski definition) is 6. The summed E-state index contributed by atoms with van der Waals surface area (Å²) in [4.78, 5) is 51.7. The fraction of sp³-hybridized carbons (Fsp3) is 0.571. The summed E-state index contributed by atoms with van der Waals surface area (Å²) in [7, 11) is 0. The highest BCUT2D eigenvalue weighted by molar-refractivity contribution is 5.95. The highest BCUT2D eigenvalue weighted by Gasteiger charge is 2.70. The zero-order chi connectivity index (χ0) is 30.7. The first-order chi connectivity index (χ1) is 18.9. The van der Waals surface area contributed by atoms with Gasteiger partial charge in [-0.3, -0.25) is 14.4 Å². The van der Waals surface area contributed by atoms with Gasteiger partial charge in [0.05, 0.1) is 6.07 Å². The van der Waals surface area contributed by atoms with Crippen molar-refractivity contribution in [3.63, 3.8) is 0 Å². The average Bonchev–Trinajstić information content (AvgIpc) is 3.17. The van der Waals surface area contributed by atoms with Crippen LogP contribution in [-0.4, -0.2) is 59.4 Å². The SMILES string of the molecule is CC(C)(C)C(NC(=O)C(F)(F)F)C(=O)N1C[C@H]2[C@@H]([C@H]1C(=O)NC(C#N)CC1(F)C(=C=O)Nc3ccccc31)C2(C)C. The molecule has 0 radical (unpaired) electrons. The van der Waals surface area contributed by atoms with Gasteiger partial charge in [0.15, 0.2) is 5.67 Å². The van der Waals surface area contributed by atoms with E-state index in [0.717, 1.165) is 4.90 Å². The molecule has 13 heteroatoms. The monoisotopic (exact) mass is 577 g/mol. The number of piperidine rings is 1. The minimum Gasteiger partial charge on any atom is -0.347 e. The molecule has 3 unspecified atom stereocenters. The highest BCUT2D eigenvalue weighted by Crippen LogP contribution is 2.65. The van der Waals surface area contributed by atoms with Crippen molar-refractivity contribution >= 4 is 29.4 Å². The first-order valence-electron chi connectivity index (χ1n) is 13.1. The molecular formula is C28H31F4N5O4. The van der Waals surface area contributed by atoms with Gasteiger partial charge in [0.2, 0.25) is 11.8 Å². The molecule has 4 rings (SSSR count). The maximum Gasteiger partial charge on any atom is 0.471 e. The van der Waals surface area contributed by atoms with Crippen LogP contribution in [0, 0.1) is 34.0 Å². The zero-order valence-electron chi connectivity index (χ0n) is 23.1. The number of fused-ring (bicyclic) bond motifs is 2. The molecule has 1 aromatic carbocycles. The summed E-state index contributed by atoms with van der Waals surface area (Å²) < 4.78 is 55.4. The van der Waals surface area contributed by atoms with Crippen LogP contribution in [-0.2, 0) is 24.8 Å². The summed E-state index contributed by atoms with van der Waals surface area (Å²) in [5.41, 5.74) is -3.99. The van der Waals surface area contributed by atoms with Gasteiger partial charge in [-0.1, -0.05) is 52.8 Å². The van der Waals surface area contributed by atoms with Crippen molar-refractivity contribution in [2.75, 3.05) is 11.9 Å².